The number of hydrogen-bond acceptors (Lipinski definition) is 5. The van der Waals surface area contributed by atoms with Crippen molar-refractivity contribution in [2.45, 2.75) is 20.0 Å². The molecule has 0 radical (unpaired) electrons. The molecule has 1 heterocycles. The highest BCUT2D eigenvalue weighted by Crippen LogP contribution is 2.40. The lowest BCUT2D eigenvalue weighted by atomic mass is 10.2. The molecule has 0 spiro atoms. The number of carbonyl (C=O) groups excluding carboxylic acids is 1. The molecule has 168 valence electrons. The number of nitrogens with one attached hydrogen (secondary N) is 2. The first-order chi connectivity index (χ1) is 15.8. The molecule has 0 saturated heterocycles. The summed E-state index contributed by atoms with van der Waals surface area (Å²) in [5, 5.41) is 7.40. The van der Waals surface area contributed by atoms with Gasteiger partial charge >= 0.3 is 0 Å². The van der Waals surface area contributed by atoms with Crippen molar-refractivity contribution >= 4 is 73.7 Å². The topological polar surface area (TPSA) is 63.2 Å². The number of ether oxygens (including phenoxy) is 1. The predicted molar refractivity (Wildman–Crippen MR) is 141 cm³/mol. The first kappa shape index (κ1) is 23.4. The Labute approximate surface area is 210 Å². The number of fused-ring (bicyclic) bond motifs is 1. The Balaban J connectivity index is 1.55. The first-order valence-electron chi connectivity index (χ1n) is 10.0. The second-order valence-corrected chi connectivity index (χ2v) is 9.68. The Kier molecular flexibility index (Phi) is 7.14. The summed E-state index contributed by atoms with van der Waals surface area (Å²) >= 11 is 19.7. The van der Waals surface area contributed by atoms with Gasteiger partial charge in [-0.3, -0.25) is 10.1 Å². The van der Waals surface area contributed by atoms with Gasteiger partial charge in [0.15, 0.2) is 5.11 Å². The largest absolute Gasteiger partial charge is 0.491 e. The average Bonchev–Trinajstić information content (AvgIpc) is 3.19. The quantitative estimate of drug-likeness (QED) is 0.275. The van der Waals surface area contributed by atoms with E-state index in [4.69, 9.17) is 40.2 Å². The molecule has 0 unspecified atom stereocenters. The highest BCUT2D eigenvalue weighted by molar-refractivity contribution is 7.80. The second kappa shape index (κ2) is 10.1. The van der Waals surface area contributed by atoms with E-state index >= 15 is 0 Å². The fourth-order valence-corrected chi connectivity index (χ4v) is 4.86. The molecule has 4 rings (SSSR count). The zero-order valence-electron chi connectivity index (χ0n) is 17.7. The van der Waals surface area contributed by atoms with Gasteiger partial charge in [0.05, 0.1) is 27.0 Å². The van der Waals surface area contributed by atoms with E-state index in [0.717, 1.165) is 15.2 Å². The third kappa shape index (κ3) is 5.62. The summed E-state index contributed by atoms with van der Waals surface area (Å²) in [6.45, 7) is 3.88. The maximum absolute atomic E-state index is 12.6. The molecule has 2 N–H and O–H groups in total. The summed E-state index contributed by atoms with van der Waals surface area (Å²) < 4.78 is 6.65. The minimum Gasteiger partial charge on any atom is -0.491 e. The number of thiocarbonyl (C=S) groups is 1. The molecule has 5 nitrogen and oxygen atoms in total. The Bertz CT molecular complexity index is 1300. The fourth-order valence-electron chi connectivity index (χ4n) is 3.13. The van der Waals surface area contributed by atoms with Crippen LogP contribution in [-0.2, 0) is 0 Å². The van der Waals surface area contributed by atoms with Gasteiger partial charge in [0.1, 0.15) is 10.8 Å². The summed E-state index contributed by atoms with van der Waals surface area (Å²) in [4.78, 5) is 17.3. The van der Waals surface area contributed by atoms with Crippen molar-refractivity contribution in [3.05, 3.63) is 76.3 Å². The molecule has 0 aliphatic heterocycles. The van der Waals surface area contributed by atoms with Crippen LogP contribution in [-0.4, -0.2) is 22.1 Å². The number of anilines is 1. The van der Waals surface area contributed by atoms with E-state index < -0.39 is 0 Å². The molecule has 1 amide bonds. The molecule has 4 aromatic rings. The number of thiazole rings is 1. The number of hydrogen-bond donors (Lipinski definition) is 2. The van der Waals surface area contributed by atoms with Gasteiger partial charge in [0.2, 0.25) is 0 Å². The van der Waals surface area contributed by atoms with Crippen molar-refractivity contribution in [1.29, 1.82) is 0 Å². The molecular formula is C24H19Cl2N3O2S2. The lowest BCUT2D eigenvalue weighted by Gasteiger charge is -2.15. The summed E-state index contributed by atoms with van der Waals surface area (Å²) in [5.74, 6) is 0.339. The van der Waals surface area contributed by atoms with Crippen LogP contribution in [0.15, 0.2) is 60.7 Å². The lowest BCUT2D eigenvalue weighted by Crippen LogP contribution is -2.34. The van der Waals surface area contributed by atoms with Gasteiger partial charge < -0.3 is 10.1 Å². The number of halogens is 2. The molecule has 0 atom stereocenters. The normalized spacial score (nSPS) is 10.9. The Hall–Kier alpha value is -2.71. The van der Waals surface area contributed by atoms with E-state index in [1.54, 1.807) is 36.4 Å². The monoisotopic (exact) mass is 515 g/mol. The van der Waals surface area contributed by atoms with Gasteiger partial charge in [-0.2, -0.15) is 0 Å². The van der Waals surface area contributed by atoms with Crippen LogP contribution in [0, 0.1) is 0 Å². The van der Waals surface area contributed by atoms with E-state index in [0.29, 0.717) is 32.6 Å². The number of rotatable bonds is 5. The number of para-hydroxylation sites is 1. The lowest BCUT2D eigenvalue weighted by molar-refractivity contribution is 0.0977. The second-order valence-electron chi connectivity index (χ2n) is 7.40. The minimum atomic E-state index is -0.352. The highest BCUT2D eigenvalue weighted by atomic mass is 35.5. The standard InChI is InChI=1S/C24H19Cl2N3O2S2/c1-13(2)31-16-9-7-14(8-10-16)22(30)29-24(32)28-21-17(11-15(25)12-18(21)26)23-27-19-5-3-4-6-20(19)33-23/h3-13H,1-2H3,(H2,28,29,30,32). The van der Waals surface area contributed by atoms with Gasteiger partial charge in [0.25, 0.3) is 5.91 Å². The fraction of sp³-hybridized carbons (Fsp3) is 0.125. The van der Waals surface area contributed by atoms with Gasteiger partial charge in [-0.1, -0.05) is 35.3 Å². The Morgan fingerprint density at radius 2 is 1.82 bits per heavy atom. The number of amides is 1. The highest BCUT2D eigenvalue weighted by Gasteiger charge is 2.17. The third-order valence-corrected chi connectivity index (χ3v) is 6.32. The smallest absolute Gasteiger partial charge is 0.257 e. The van der Waals surface area contributed by atoms with Gasteiger partial charge in [0, 0.05) is 16.1 Å². The zero-order valence-corrected chi connectivity index (χ0v) is 20.8. The maximum Gasteiger partial charge on any atom is 0.257 e. The van der Waals surface area contributed by atoms with Crippen molar-refractivity contribution in [1.82, 2.24) is 10.3 Å². The first-order valence-corrected chi connectivity index (χ1v) is 12.0. The number of nitrogens with zero attached hydrogens (tertiary/aromatic N) is 1. The summed E-state index contributed by atoms with van der Waals surface area (Å²) in [5.41, 5.74) is 2.54. The molecule has 0 aliphatic rings. The van der Waals surface area contributed by atoms with Crippen LogP contribution in [0.3, 0.4) is 0 Å². The molecule has 0 bridgehead atoms. The van der Waals surface area contributed by atoms with Gasteiger partial charge in [-0.25, -0.2) is 4.98 Å². The summed E-state index contributed by atoms with van der Waals surface area (Å²) in [7, 11) is 0. The Morgan fingerprint density at radius 1 is 1.09 bits per heavy atom. The molecular weight excluding hydrogens is 497 g/mol. The molecule has 9 heteroatoms. The maximum atomic E-state index is 12.6. The van der Waals surface area contributed by atoms with Crippen LogP contribution >= 0.6 is 46.8 Å². The van der Waals surface area contributed by atoms with E-state index in [1.165, 1.54) is 11.3 Å². The SMILES string of the molecule is CC(C)Oc1ccc(C(=O)NC(=S)Nc2c(Cl)cc(Cl)cc2-c2nc3ccccc3s2)cc1. The minimum absolute atomic E-state index is 0.0511. The molecule has 3 aromatic carbocycles. The molecule has 0 fully saturated rings. The van der Waals surface area contributed by atoms with Crippen molar-refractivity contribution in [2.24, 2.45) is 0 Å². The van der Waals surface area contributed by atoms with Crippen molar-refractivity contribution < 1.29 is 9.53 Å². The average molecular weight is 516 g/mol. The van der Waals surface area contributed by atoms with E-state index in [2.05, 4.69) is 15.6 Å². The zero-order chi connectivity index (χ0) is 23.5. The Morgan fingerprint density at radius 3 is 2.52 bits per heavy atom. The van der Waals surface area contributed by atoms with Crippen molar-refractivity contribution in [3.63, 3.8) is 0 Å². The number of benzene rings is 3. The summed E-state index contributed by atoms with van der Waals surface area (Å²) in [6.07, 6.45) is 0.0511. The van der Waals surface area contributed by atoms with Crippen LogP contribution in [0.25, 0.3) is 20.8 Å². The van der Waals surface area contributed by atoms with Crippen molar-refractivity contribution in [2.75, 3.05) is 5.32 Å². The van der Waals surface area contributed by atoms with Crippen LogP contribution in [0.4, 0.5) is 5.69 Å². The van der Waals surface area contributed by atoms with Crippen molar-refractivity contribution in [3.8, 4) is 16.3 Å². The van der Waals surface area contributed by atoms with Crippen LogP contribution in [0.1, 0.15) is 24.2 Å². The van der Waals surface area contributed by atoms with E-state index in [9.17, 15) is 4.79 Å². The number of carbonyl (C=O) groups is 1. The van der Waals surface area contributed by atoms with E-state index in [-0.39, 0.29) is 17.1 Å². The predicted octanol–water partition coefficient (Wildman–Crippen LogP) is 7.18. The molecule has 0 aliphatic carbocycles. The molecule has 0 saturated carbocycles. The summed E-state index contributed by atoms with van der Waals surface area (Å²) in [6, 6.07) is 18.1. The third-order valence-electron chi connectivity index (χ3n) is 4.53. The van der Waals surface area contributed by atoms with Crippen LogP contribution < -0.4 is 15.4 Å². The number of aromatic nitrogens is 1. The molecule has 33 heavy (non-hydrogen) atoms. The molecule has 1 aromatic heterocycles. The van der Waals surface area contributed by atoms with Gasteiger partial charge in [-0.05, 0) is 74.6 Å². The van der Waals surface area contributed by atoms with Crippen LogP contribution in [0.5, 0.6) is 5.75 Å². The van der Waals surface area contributed by atoms with Crippen LogP contribution in [0.2, 0.25) is 10.0 Å². The van der Waals surface area contributed by atoms with E-state index in [1.807, 2.05) is 38.1 Å². The van der Waals surface area contributed by atoms with Gasteiger partial charge in [-0.15, -0.1) is 11.3 Å².